The lowest BCUT2D eigenvalue weighted by Gasteiger charge is -2.34. The SMILES string of the molecule is Cc1ccc2oc3ccccc3c2c1N(c1ccccc1-c1ccccc1)c1c2c(cc(-c3ccccc3)c1-c1ccccc1)-c1ccccc1C2. The van der Waals surface area contributed by atoms with Crippen LogP contribution in [0.1, 0.15) is 16.7 Å². The number of benzene rings is 8. The van der Waals surface area contributed by atoms with Crippen LogP contribution in [0, 0.1) is 6.92 Å². The molecule has 0 radical (unpaired) electrons. The maximum absolute atomic E-state index is 6.61. The van der Waals surface area contributed by atoms with Gasteiger partial charge in [0.15, 0.2) is 0 Å². The average molecular weight is 666 g/mol. The van der Waals surface area contributed by atoms with Crippen LogP contribution in [0.2, 0.25) is 0 Å². The Labute approximate surface area is 303 Å². The first kappa shape index (κ1) is 30.2. The molecule has 10 rings (SSSR count). The van der Waals surface area contributed by atoms with Crippen molar-refractivity contribution < 1.29 is 4.42 Å². The fraction of sp³-hybridized carbons (Fsp3) is 0.0400. The van der Waals surface area contributed by atoms with Gasteiger partial charge >= 0.3 is 0 Å². The Morgan fingerprint density at radius 1 is 0.462 bits per heavy atom. The van der Waals surface area contributed by atoms with Crippen molar-refractivity contribution in [2.24, 2.45) is 0 Å². The Morgan fingerprint density at radius 2 is 1.06 bits per heavy atom. The van der Waals surface area contributed by atoms with Crippen molar-refractivity contribution in [1.29, 1.82) is 0 Å². The van der Waals surface area contributed by atoms with Crippen LogP contribution in [0.5, 0.6) is 0 Å². The highest BCUT2D eigenvalue weighted by molar-refractivity contribution is 6.16. The van der Waals surface area contributed by atoms with Crippen molar-refractivity contribution in [2.75, 3.05) is 4.90 Å². The molecular weight excluding hydrogens is 631 g/mol. The topological polar surface area (TPSA) is 16.4 Å². The molecule has 0 N–H and O–H groups in total. The van der Waals surface area contributed by atoms with Crippen molar-refractivity contribution in [3.63, 3.8) is 0 Å². The largest absolute Gasteiger partial charge is 0.456 e. The van der Waals surface area contributed by atoms with E-state index in [1.54, 1.807) is 0 Å². The lowest BCUT2D eigenvalue weighted by Crippen LogP contribution is -2.16. The zero-order valence-corrected chi connectivity index (χ0v) is 28.9. The van der Waals surface area contributed by atoms with Crippen molar-refractivity contribution in [2.45, 2.75) is 13.3 Å². The summed E-state index contributed by atoms with van der Waals surface area (Å²) in [7, 11) is 0. The number of aryl methyl sites for hydroxylation is 1. The molecule has 0 amide bonds. The van der Waals surface area contributed by atoms with Gasteiger partial charge in [0.25, 0.3) is 0 Å². The van der Waals surface area contributed by atoms with Crippen molar-refractivity contribution in [3.8, 4) is 44.5 Å². The second-order valence-electron chi connectivity index (χ2n) is 13.7. The molecule has 246 valence electrons. The standard InChI is InChI=1S/C50H35NO/c1-33-29-30-46-48(40-26-14-16-28-45(40)52-46)49(33)51(44-27-15-13-25-39(44)34-17-5-2-6-18-34)50-43-31-37-23-11-12-24-38(37)42(43)32-41(35-19-7-3-8-20-35)47(50)36-21-9-4-10-22-36/h2-30,32H,31H2,1H3. The molecule has 1 aromatic heterocycles. The van der Waals surface area contributed by atoms with Gasteiger partial charge in [-0.3, -0.25) is 0 Å². The molecule has 1 heterocycles. The van der Waals surface area contributed by atoms with Crippen LogP contribution < -0.4 is 4.90 Å². The monoisotopic (exact) mass is 665 g/mol. The number of hydrogen-bond acceptors (Lipinski definition) is 2. The summed E-state index contributed by atoms with van der Waals surface area (Å²) in [6.07, 6.45) is 0.834. The van der Waals surface area contributed by atoms with Gasteiger partial charge in [0.05, 0.1) is 22.4 Å². The molecule has 1 aliphatic carbocycles. The highest BCUT2D eigenvalue weighted by Crippen LogP contribution is 2.56. The minimum Gasteiger partial charge on any atom is -0.456 e. The van der Waals surface area contributed by atoms with E-state index in [1.807, 2.05) is 0 Å². The first-order valence-electron chi connectivity index (χ1n) is 18.0. The van der Waals surface area contributed by atoms with Crippen LogP contribution in [-0.4, -0.2) is 0 Å². The first-order chi connectivity index (χ1) is 25.7. The predicted molar refractivity (Wildman–Crippen MR) is 218 cm³/mol. The molecule has 0 aliphatic heterocycles. The third-order valence-electron chi connectivity index (χ3n) is 10.6. The normalized spacial score (nSPS) is 11.9. The van der Waals surface area contributed by atoms with E-state index >= 15 is 0 Å². The summed E-state index contributed by atoms with van der Waals surface area (Å²) in [5.41, 5.74) is 18.8. The van der Waals surface area contributed by atoms with Crippen molar-refractivity contribution in [1.82, 2.24) is 0 Å². The lowest BCUT2D eigenvalue weighted by atomic mass is 9.86. The number of rotatable bonds is 6. The van der Waals surface area contributed by atoms with E-state index in [1.165, 1.54) is 66.9 Å². The zero-order valence-electron chi connectivity index (χ0n) is 28.9. The number of hydrogen-bond donors (Lipinski definition) is 0. The lowest BCUT2D eigenvalue weighted by molar-refractivity contribution is 0.669. The summed E-state index contributed by atoms with van der Waals surface area (Å²) in [6, 6.07) is 65.7. The number of para-hydroxylation sites is 2. The van der Waals surface area contributed by atoms with Crippen molar-refractivity contribution >= 4 is 39.0 Å². The predicted octanol–water partition coefficient (Wildman–Crippen LogP) is 13.9. The third kappa shape index (κ3) is 4.80. The Hall–Kier alpha value is -6.64. The quantitative estimate of drug-likeness (QED) is 0.176. The molecule has 0 spiro atoms. The molecule has 0 fully saturated rings. The van der Waals surface area contributed by atoms with E-state index in [9.17, 15) is 0 Å². The fourth-order valence-electron chi connectivity index (χ4n) is 8.32. The van der Waals surface area contributed by atoms with Crippen LogP contribution >= 0.6 is 0 Å². The van der Waals surface area contributed by atoms with E-state index in [0.717, 1.165) is 39.7 Å². The van der Waals surface area contributed by atoms with Gasteiger partial charge in [0.1, 0.15) is 11.2 Å². The van der Waals surface area contributed by atoms with Crippen LogP contribution in [0.3, 0.4) is 0 Å². The summed E-state index contributed by atoms with van der Waals surface area (Å²) in [4.78, 5) is 2.58. The van der Waals surface area contributed by atoms with Crippen LogP contribution in [0.25, 0.3) is 66.4 Å². The summed E-state index contributed by atoms with van der Waals surface area (Å²) < 4.78 is 6.61. The number of fused-ring (bicyclic) bond motifs is 6. The van der Waals surface area contributed by atoms with Gasteiger partial charge in [-0.1, -0.05) is 158 Å². The second-order valence-corrected chi connectivity index (χ2v) is 13.7. The Morgan fingerprint density at radius 3 is 1.81 bits per heavy atom. The molecular formula is C50H35NO. The molecule has 0 saturated carbocycles. The number of nitrogens with zero attached hydrogens (tertiary/aromatic N) is 1. The maximum atomic E-state index is 6.61. The molecule has 0 unspecified atom stereocenters. The average Bonchev–Trinajstić information content (AvgIpc) is 3.78. The van der Waals surface area contributed by atoms with Gasteiger partial charge in [-0.2, -0.15) is 0 Å². The van der Waals surface area contributed by atoms with Gasteiger partial charge in [0, 0.05) is 22.9 Å². The van der Waals surface area contributed by atoms with Crippen LogP contribution in [0.4, 0.5) is 17.1 Å². The maximum Gasteiger partial charge on any atom is 0.137 e. The minimum absolute atomic E-state index is 0.834. The Balaban J connectivity index is 1.43. The van der Waals surface area contributed by atoms with E-state index in [4.69, 9.17) is 4.42 Å². The van der Waals surface area contributed by atoms with E-state index < -0.39 is 0 Å². The second kappa shape index (κ2) is 12.3. The van der Waals surface area contributed by atoms with Crippen LogP contribution in [0.15, 0.2) is 186 Å². The molecule has 2 heteroatoms. The van der Waals surface area contributed by atoms with Gasteiger partial charge in [-0.05, 0) is 81.3 Å². The minimum atomic E-state index is 0.834. The molecule has 0 atom stereocenters. The Kier molecular flexibility index (Phi) is 7.14. The van der Waals surface area contributed by atoms with Gasteiger partial charge < -0.3 is 9.32 Å². The van der Waals surface area contributed by atoms with E-state index in [2.05, 4.69) is 194 Å². The Bertz CT molecular complexity index is 2760. The number of furan rings is 1. The van der Waals surface area contributed by atoms with E-state index in [-0.39, 0.29) is 0 Å². The van der Waals surface area contributed by atoms with Crippen molar-refractivity contribution in [3.05, 3.63) is 199 Å². The molecule has 2 nitrogen and oxygen atoms in total. The smallest absolute Gasteiger partial charge is 0.137 e. The molecule has 0 bridgehead atoms. The summed E-state index contributed by atoms with van der Waals surface area (Å²) in [5, 5.41) is 2.23. The summed E-state index contributed by atoms with van der Waals surface area (Å²) in [5.74, 6) is 0. The molecule has 9 aromatic rings. The van der Waals surface area contributed by atoms with E-state index in [0.29, 0.717) is 0 Å². The third-order valence-corrected chi connectivity index (χ3v) is 10.6. The molecule has 0 saturated heterocycles. The molecule has 52 heavy (non-hydrogen) atoms. The van der Waals surface area contributed by atoms with Gasteiger partial charge in [-0.25, -0.2) is 0 Å². The molecule has 8 aromatic carbocycles. The van der Waals surface area contributed by atoms with Crippen LogP contribution in [-0.2, 0) is 6.42 Å². The summed E-state index contributed by atoms with van der Waals surface area (Å²) in [6.45, 7) is 2.24. The zero-order chi connectivity index (χ0) is 34.6. The first-order valence-corrected chi connectivity index (χ1v) is 18.0. The fourth-order valence-corrected chi connectivity index (χ4v) is 8.32. The summed E-state index contributed by atoms with van der Waals surface area (Å²) >= 11 is 0. The van der Waals surface area contributed by atoms with Gasteiger partial charge in [-0.15, -0.1) is 0 Å². The van der Waals surface area contributed by atoms with Gasteiger partial charge in [0.2, 0.25) is 0 Å². The highest BCUT2D eigenvalue weighted by Gasteiger charge is 2.33. The molecule has 1 aliphatic rings. The number of anilines is 3. The highest BCUT2D eigenvalue weighted by atomic mass is 16.3.